The summed E-state index contributed by atoms with van der Waals surface area (Å²) in [6.45, 7) is 1.01. The van der Waals surface area contributed by atoms with Gasteiger partial charge in [0.15, 0.2) is 5.52 Å². The lowest BCUT2D eigenvalue weighted by molar-refractivity contribution is -0.0252. The van der Waals surface area contributed by atoms with Crippen molar-refractivity contribution in [1.29, 1.82) is 5.26 Å². The smallest absolute Gasteiger partial charge is 0.242 e. The van der Waals surface area contributed by atoms with Crippen molar-refractivity contribution in [2.24, 2.45) is 0 Å². The highest BCUT2D eigenvalue weighted by Gasteiger charge is 2.38. The number of ether oxygens (including phenoxy) is 2. The molecule has 1 saturated carbocycles. The Labute approximate surface area is 211 Å². The maximum absolute atomic E-state index is 11.9. The first kappa shape index (κ1) is 25.3. The summed E-state index contributed by atoms with van der Waals surface area (Å²) in [5, 5.41) is 9.62. The van der Waals surface area contributed by atoms with Crippen LogP contribution in [0.3, 0.4) is 0 Å². The van der Waals surface area contributed by atoms with Crippen molar-refractivity contribution < 1.29 is 17.9 Å². The Hall–Kier alpha value is -2.78. The van der Waals surface area contributed by atoms with Crippen molar-refractivity contribution >= 4 is 34.6 Å². The van der Waals surface area contributed by atoms with Crippen molar-refractivity contribution in [3.05, 3.63) is 48.3 Å². The summed E-state index contributed by atoms with van der Waals surface area (Å²) in [7, 11) is -3.29. The number of aromatic nitrogens is 3. The van der Waals surface area contributed by atoms with Crippen LogP contribution in [0.2, 0.25) is 0 Å². The minimum absolute atomic E-state index is 0. The highest BCUT2D eigenvalue weighted by Crippen LogP contribution is 2.43. The minimum atomic E-state index is -3.29. The molecule has 11 heteroatoms. The van der Waals surface area contributed by atoms with Crippen molar-refractivity contribution in [2.45, 2.75) is 30.8 Å². The molecule has 1 atom stereocenters. The fourth-order valence-corrected chi connectivity index (χ4v) is 5.26. The summed E-state index contributed by atoms with van der Waals surface area (Å²) in [6.07, 6.45) is 6.83. The molecule has 0 N–H and O–H groups in total. The van der Waals surface area contributed by atoms with Gasteiger partial charge in [0.05, 0.1) is 35.6 Å². The molecule has 1 saturated heterocycles. The Kier molecular flexibility index (Phi) is 7.28. The molecule has 0 spiro atoms. The number of hydrogen-bond acceptors (Lipinski definition) is 8. The van der Waals surface area contributed by atoms with E-state index in [4.69, 9.17) is 14.5 Å². The molecule has 2 aromatic heterocycles. The zero-order valence-corrected chi connectivity index (χ0v) is 21.2. The van der Waals surface area contributed by atoms with Crippen LogP contribution in [0, 0.1) is 11.3 Å². The topological polar surface area (TPSA) is 118 Å². The third-order valence-corrected chi connectivity index (χ3v) is 7.83. The predicted octanol–water partition coefficient (Wildman–Crippen LogP) is 2.79. The van der Waals surface area contributed by atoms with Crippen LogP contribution in [0.5, 0.6) is 5.88 Å². The Morgan fingerprint density at radius 2 is 1.97 bits per heavy atom. The van der Waals surface area contributed by atoms with Gasteiger partial charge >= 0.3 is 0 Å². The van der Waals surface area contributed by atoms with Gasteiger partial charge in [-0.25, -0.2) is 18.4 Å². The minimum Gasteiger partial charge on any atom is -0.473 e. The molecule has 0 radical (unpaired) electrons. The third kappa shape index (κ3) is 5.11. The van der Waals surface area contributed by atoms with Gasteiger partial charge in [0, 0.05) is 31.0 Å². The summed E-state index contributed by atoms with van der Waals surface area (Å²) in [5.74, 6) is 0.317. The fourth-order valence-electron chi connectivity index (χ4n) is 4.41. The summed E-state index contributed by atoms with van der Waals surface area (Å²) >= 11 is 0. The largest absolute Gasteiger partial charge is 0.473 e. The average Bonchev–Trinajstić information content (AvgIpc) is 2.82. The number of sulfonamides is 1. The number of pyridine rings is 1. The third-order valence-electron chi connectivity index (χ3n) is 6.56. The first-order valence-corrected chi connectivity index (χ1v) is 13.1. The van der Waals surface area contributed by atoms with E-state index < -0.39 is 16.1 Å². The molecule has 0 unspecified atom stereocenters. The SMILES string of the molecule is CS(=O)(=O)N1CCO[C@H](COc2nc(-c3ccc(C4(C#N)CCC4)cc3)cc3nccnc23)C1.S. The molecule has 35 heavy (non-hydrogen) atoms. The van der Waals surface area contributed by atoms with Crippen LogP contribution in [0.25, 0.3) is 22.3 Å². The average molecular weight is 514 g/mol. The van der Waals surface area contributed by atoms with E-state index in [2.05, 4.69) is 16.0 Å². The van der Waals surface area contributed by atoms with Gasteiger partial charge in [-0.05, 0) is 30.9 Å². The highest BCUT2D eigenvalue weighted by molar-refractivity contribution is 7.88. The maximum atomic E-state index is 11.9. The molecule has 1 aliphatic heterocycles. The second kappa shape index (κ2) is 10.1. The van der Waals surface area contributed by atoms with Crippen LogP contribution >= 0.6 is 13.5 Å². The van der Waals surface area contributed by atoms with E-state index in [0.29, 0.717) is 35.8 Å². The molecule has 9 nitrogen and oxygen atoms in total. The summed E-state index contributed by atoms with van der Waals surface area (Å²) in [4.78, 5) is 13.5. The molecule has 1 aliphatic carbocycles. The Morgan fingerprint density at radius 1 is 1.23 bits per heavy atom. The fraction of sp³-hybridized carbons (Fsp3) is 0.417. The Morgan fingerprint density at radius 3 is 2.63 bits per heavy atom. The van der Waals surface area contributed by atoms with Crippen molar-refractivity contribution in [1.82, 2.24) is 19.3 Å². The van der Waals surface area contributed by atoms with Crippen molar-refractivity contribution in [3.8, 4) is 23.2 Å². The van der Waals surface area contributed by atoms with Crippen LogP contribution in [-0.4, -0.2) is 66.3 Å². The molecular weight excluding hydrogens is 486 g/mol. The predicted molar refractivity (Wildman–Crippen MR) is 136 cm³/mol. The molecule has 3 heterocycles. The number of rotatable bonds is 6. The molecule has 184 valence electrons. The van der Waals surface area contributed by atoms with Gasteiger partial charge in [0.25, 0.3) is 0 Å². The molecule has 5 rings (SSSR count). The van der Waals surface area contributed by atoms with Gasteiger partial charge in [-0.1, -0.05) is 24.3 Å². The van der Waals surface area contributed by atoms with Crippen molar-refractivity contribution in [2.75, 3.05) is 32.6 Å². The Balaban J connectivity index is 0.00000289. The number of nitrogens with zero attached hydrogens (tertiary/aromatic N) is 5. The van der Waals surface area contributed by atoms with Gasteiger partial charge < -0.3 is 9.47 Å². The van der Waals surface area contributed by atoms with E-state index in [1.54, 1.807) is 12.4 Å². The normalized spacial score (nSPS) is 19.8. The molecule has 0 amide bonds. The molecule has 2 aliphatic rings. The van der Waals surface area contributed by atoms with Crippen LogP contribution in [-0.2, 0) is 20.2 Å². The lowest BCUT2D eigenvalue weighted by Gasteiger charge is -2.35. The van der Waals surface area contributed by atoms with Crippen LogP contribution in [0.1, 0.15) is 24.8 Å². The number of fused-ring (bicyclic) bond motifs is 1. The van der Waals surface area contributed by atoms with Crippen molar-refractivity contribution in [3.63, 3.8) is 0 Å². The number of hydrogen-bond donors (Lipinski definition) is 0. The lowest BCUT2D eigenvalue weighted by Crippen LogP contribution is -2.47. The highest BCUT2D eigenvalue weighted by atomic mass is 32.2. The quantitative estimate of drug-likeness (QED) is 0.494. The second-order valence-corrected chi connectivity index (χ2v) is 10.8. The van der Waals surface area contributed by atoms with E-state index in [9.17, 15) is 13.7 Å². The van der Waals surface area contributed by atoms with E-state index in [1.165, 1.54) is 10.6 Å². The van der Waals surface area contributed by atoms with Gasteiger partial charge in [-0.3, -0.25) is 4.98 Å². The molecule has 0 bridgehead atoms. The van der Waals surface area contributed by atoms with Crippen LogP contribution in [0.15, 0.2) is 42.7 Å². The molecule has 3 aromatic rings. The van der Waals surface area contributed by atoms with Gasteiger partial charge in [-0.2, -0.15) is 23.1 Å². The summed E-state index contributed by atoms with van der Waals surface area (Å²) < 4.78 is 36.9. The molecule has 1 aromatic carbocycles. The zero-order chi connectivity index (χ0) is 23.8. The lowest BCUT2D eigenvalue weighted by atomic mass is 9.65. The standard InChI is InChI=1S/C24H25N5O4S.H2S/c1-34(30,31)29-11-12-32-19(14-29)15-33-23-22-21(26-9-10-27-22)13-20(28-23)17-3-5-18(6-4-17)24(16-25)7-2-8-24;/h3-6,9-10,13,19H,2,7-8,11-12,14-15H2,1H3;1H2/t19-;/m0./s1. The first-order valence-electron chi connectivity index (χ1n) is 11.2. The monoisotopic (exact) mass is 513 g/mol. The number of benzene rings is 1. The summed E-state index contributed by atoms with van der Waals surface area (Å²) in [5.41, 5.74) is 3.39. The van der Waals surface area contributed by atoms with Gasteiger partial charge in [0.2, 0.25) is 15.9 Å². The first-order chi connectivity index (χ1) is 16.4. The van der Waals surface area contributed by atoms with E-state index >= 15 is 0 Å². The Bertz CT molecular complexity index is 1350. The molecule has 2 fully saturated rings. The maximum Gasteiger partial charge on any atom is 0.242 e. The number of morpholine rings is 1. The van der Waals surface area contributed by atoms with Gasteiger partial charge in [0.1, 0.15) is 12.7 Å². The van der Waals surface area contributed by atoms with Crippen LogP contribution in [0.4, 0.5) is 0 Å². The van der Waals surface area contributed by atoms with Crippen LogP contribution < -0.4 is 4.74 Å². The number of nitriles is 1. The van der Waals surface area contributed by atoms with E-state index in [1.807, 2.05) is 30.3 Å². The van der Waals surface area contributed by atoms with Gasteiger partial charge in [-0.15, -0.1) is 0 Å². The molecular formula is C24H27N5O4S2. The summed E-state index contributed by atoms with van der Waals surface area (Å²) in [6, 6.07) is 12.3. The van der Waals surface area contributed by atoms with E-state index in [0.717, 1.165) is 30.4 Å². The second-order valence-electron chi connectivity index (χ2n) is 8.79. The van der Waals surface area contributed by atoms with E-state index in [-0.39, 0.29) is 32.1 Å². The zero-order valence-electron chi connectivity index (χ0n) is 19.3.